The topological polar surface area (TPSA) is 41.3 Å². The Labute approximate surface area is 195 Å². The minimum atomic E-state index is 0.469. The van der Waals surface area contributed by atoms with E-state index in [0.717, 1.165) is 29.9 Å². The Hall–Kier alpha value is -3.20. The predicted molar refractivity (Wildman–Crippen MR) is 140 cm³/mol. The maximum absolute atomic E-state index is 6.37. The highest BCUT2D eigenvalue weighted by Gasteiger charge is 2.26. The Bertz CT molecular complexity index is 966. The molecule has 1 aliphatic heterocycles. The Morgan fingerprint density at radius 1 is 1.00 bits per heavy atom. The molecule has 0 radical (unpaired) electrons. The third-order valence-electron chi connectivity index (χ3n) is 5.40. The first-order valence-corrected chi connectivity index (χ1v) is 11.8. The van der Waals surface area contributed by atoms with E-state index in [-0.39, 0.29) is 0 Å². The average molecular weight is 430 g/mol. The normalized spacial score (nSPS) is 16.6. The van der Waals surface area contributed by atoms with Crippen LogP contribution in [0.3, 0.4) is 0 Å². The quantitative estimate of drug-likeness (QED) is 0.491. The number of nitrogens with one attached hydrogen (secondary N) is 1. The van der Waals surface area contributed by atoms with Crippen LogP contribution >= 0.6 is 0 Å². The first-order chi connectivity index (χ1) is 15.6. The van der Waals surface area contributed by atoms with Crippen molar-refractivity contribution in [3.05, 3.63) is 107 Å². The van der Waals surface area contributed by atoms with Gasteiger partial charge in [-0.2, -0.15) is 0 Å². The lowest BCUT2D eigenvalue weighted by Crippen LogP contribution is -2.21. The third-order valence-corrected chi connectivity index (χ3v) is 5.40. The van der Waals surface area contributed by atoms with Crippen LogP contribution in [0.1, 0.15) is 58.6 Å². The molecule has 0 saturated carbocycles. The summed E-state index contributed by atoms with van der Waals surface area (Å²) in [6.07, 6.45) is 8.79. The fourth-order valence-electron chi connectivity index (χ4n) is 3.96. The molecule has 1 unspecified atom stereocenters. The first-order valence-electron chi connectivity index (χ1n) is 11.8. The number of hydrogen-bond donors (Lipinski definition) is 2. The number of allylic oxidation sites excluding steroid dienone is 5. The summed E-state index contributed by atoms with van der Waals surface area (Å²) in [5, 5.41) is 3.46. The zero-order valence-electron chi connectivity index (χ0n) is 20.5. The molecule has 3 N–H and O–H groups in total. The van der Waals surface area contributed by atoms with Gasteiger partial charge in [0.05, 0.1) is 5.70 Å². The number of nitrogens with zero attached hydrogens (tertiary/aromatic N) is 1. The van der Waals surface area contributed by atoms with Crippen LogP contribution in [0.2, 0.25) is 0 Å². The SMILES string of the molecule is C/C=C\C1=C(N)N/C(=C(\C(=C\C(C)CCC)c2ccccc2)c2ccccc2)N1C.CC. The van der Waals surface area contributed by atoms with Crippen LogP contribution in [0, 0.1) is 5.92 Å². The Morgan fingerprint density at radius 3 is 2.09 bits per heavy atom. The van der Waals surface area contributed by atoms with Crippen molar-refractivity contribution < 1.29 is 0 Å². The first kappa shape index (κ1) is 25.1. The van der Waals surface area contributed by atoms with Gasteiger partial charge in [0.1, 0.15) is 11.6 Å². The molecule has 0 spiro atoms. The van der Waals surface area contributed by atoms with Gasteiger partial charge < -0.3 is 16.0 Å². The summed E-state index contributed by atoms with van der Waals surface area (Å²) in [4.78, 5) is 2.15. The van der Waals surface area contributed by atoms with E-state index in [9.17, 15) is 0 Å². The lowest BCUT2D eigenvalue weighted by Gasteiger charge is -2.23. The maximum Gasteiger partial charge on any atom is 0.126 e. The zero-order chi connectivity index (χ0) is 23.5. The van der Waals surface area contributed by atoms with Gasteiger partial charge in [0.15, 0.2) is 0 Å². The summed E-state index contributed by atoms with van der Waals surface area (Å²) in [5.74, 6) is 2.15. The van der Waals surface area contributed by atoms with Crippen molar-refractivity contribution in [2.75, 3.05) is 7.05 Å². The van der Waals surface area contributed by atoms with Crippen molar-refractivity contribution in [3.8, 4) is 0 Å². The summed E-state index contributed by atoms with van der Waals surface area (Å²) < 4.78 is 0. The van der Waals surface area contributed by atoms with Crippen LogP contribution in [-0.4, -0.2) is 11.9 Å². The highest BCUT2D eigenvalue weighted by Crippen LogP contribution is 2.38. The standard InChI is InChI=1S/C27H33N3.C2H6/c1-5-13-20(3)19-23(21-15-9-7-10-16-21)25(22-17-11-8-12-18-22)27-29-26(28)24(14-6-2)30(27)4;1-2/h6-12,14-20,29H,5,13,28H2,1-4H3;1-2H3/b14-6-,23-19+,27-25+;. The number of likely N-dealkylation sites (N-methyl/N-ethyl adjacent to an activating group) is 1. The number of rotatable bonds is 7. The number of nitrogens with two attached hydrogens (primary N) is 1. The lowest BCUT2D eigenvalue weighted by molar-refractivity contribution is 0.546. The van der Waals surface area contributed by atoms with Crippen molar-refractivity contribution in [3.63, 3.8) is 0 Å². The van der Waals surface area contributed by atoms with E-state index in [2.05, 4.69) is 97.9 Å². The summed E-state index contributed by atoms with van der Waals surface area (Å²) >= 11 is 0. The fourth-order valence-corrected chi connectivity index (χ4v) is 3.96. The van der Waals surface area contributed by atoms with E-state index >= 15 is 0 Å². The smallest absolute Gasteiger partial charge is 0.126 e. The molecule has 0 bridgehead atoms. The van der Waals surface area contributed by atoms with Gasteiger partial charge in [0.25, 0.3) is 0 Å². The number of hydrogen-bond acceptors (Lipinski definition) is 3. The summed E-state index contributed by atoms with van der Waals surface area (Å²) in [6, 6.07) is 21.2. The molecule has 3 heteroatoms. The van der Waals surface area contributed by atoms with Crippen LogP contribution in [0.15, 0.2) is 96.2 Å². The second kappa shape index (κ2) is 12.6. The van der Waals surface area contributed by atoms with Gasteiger partial charge in [0.2, 0.25) is 0 Å². The predicted octanol–water partition coefficient (Wildman–Crippen LogP) is 7.14. The van der Waals surface area contributed by atoms with Crippen molar-refractivity contribution in [2.45, 2.75) is 47.5 Å². The highest BCUT2D eigenvalue weighted by atomic mass is 15.3. The molecule has 2 aromatic carbocycles. The van der Waals surface area contributed by atoms with E-state index in [1.54, 1.807) is 0 Å². The average Bonchev–Trinajstić information content (AvgIpc) is 3.10. The van der Waals surface area contributed by atoms with Gasteiger partial charge in [-0.15, -0.1) is 0 Å². The molecule has 1 heterocycles. The largest absolute Gasteiger partial charge is 0.383 e. The van der Waals surface area contributed by atoms with Gasteiger partial charge in [0, 0.05) is 12.6 Å². The lowest BCUT2D eigenvalue weighted by atomic mass is 9.88. The second-order valence-corrected chi connectivity index (χ2v) is 7.78. The van der Waals surface area contributed by atoms with Crippen LogP contribution in [0.25, 0.3) is 11.1 Å². The van der Waals surface area contributed by atoms with Gasteiger partial charge in [-0.25, -0.2) is 0 Å². The Morgan fingerprint density at radius 2 is 1.56 bits per heavy atom. The highest BCUT2D eigenvalue weighted by molar-refractivity contribution is 6.06. The van der Waals surface area contributed by atoms with Crippen LogP contribution in [0.5, 0.6) is 0 Å². The van der Waals surface area contributed by atoms with Gasteiger partial charge >= 0.3 is 0 Å². The summed E-state index contributed by atoms with van der Waals surface area (Å²) in [5.41, 5.74) is 12.1. The minimum absolute atomic E-state index is 0.469. The number of benzene rings is 2. The zero-order valence-corrected chi connectivity index (χ0v) is 20.5. The molecular weight excluding hydrogens is 390 g/mol. The van der Waals surface area contributed by atoms with Crippen molar-refractivity contribution in [1.29, 1.82) is 0 Å². The molecular formula is C29H39N3. The van der Waals surface area contributed by atoms with E-state index in [1.165, 1.54) is 16.7 Å². The van der Waals surface area contributed by atoms with Crippen LogP contribution in [-0.2, 0) is 0 Å². The van der Waals surface area contributed by atoms with Crippen LogP contribution in [0.4, 0.5) is 0 Å². The molecule has 0 amide bonds. The van der Waals surface area contributed by atoms with Gasteiger partial charge in [-0.1, -0.05) is 107 Å². The molecule has 0 aliphatic carbocycles. The van der Waals surface area contributed by atoms with Crippen LogP contribution < -0.4 is 11.1 Å². The van der Waals surface area contributed by atoms with E-state index in [1.807, 2.05) is 32.9 Å². The molecule has 1 aliphatic rings. The monoisotopic (exact) mass is 429 g/mol. The van der Waals surface area contributed by atoms with Gasteiger partial charge in [-0.3, -0.25) is 0 Å². The van der Waals surface area contributed by atoms with Gasteiger partial charge in [-0.05, 0) is 42.0 Å². The third kappa shape index (κ3) is 5.94. The molecule has 3 nitrogen and oxygen atoms in total. The van der Waals surface area contributed by atoms with E-state index < -0.39 is 0 Å². The fraction of sp³-hybridized carbons (Fsp3) is 0.310. The van der Waals surface area contributed by atoms with E-state index in [0.29, 0.717) is 11.7 Å². The molecule has 0 aromatic heterocycles. The Balaban J connectivity index is 0.00000176. The van der Waals surface area contributed by atoms with E-state index in [4.69, 9.17) is 5.73 Å². The Kier molecular flexibility index (Phi) is 9.87. The molecule has 32 heavy (non-hydrogen) atoms. The molecule has 170 valence electrons. The maximum atomic E-state index is 6.37. The van der Waals surface area contributed by atoms with Crippen molar-refractivity contribution in [2.24, 2.45) is 11.7 Å². The molecule has 2 aromatic rings. The molecule has 0 fully saturated rings. The summed E-state index contributed by atoms with van der Waals surface area (Å²) in [6.45, 7) is 10.5. The molecule has 1 atom stereocenters. The molecule has 0 saturated heterocycles. The van der Waals surface area contributed by atoms with Crippen molar-refractivity contribution >= 4 is 11.1 Å². The van der Waals surface area contributed by atoms with Crippen molar-refractivity contribution in [1.82, 2.24) is 10.2 Å². The minimum Gasteiger partial charge on any atom is -0.383 e. The summed E-state index contributed by atoms with van der Waals surface area (Å²) in [7, 11) is 2.07. The molecule has 3 rings (SSSR count). The second-order valence-electron chi connectivity index (χ2n) is 7.78.